The molecule has 0 aromatic heterocycles. The van der Waals surface area contributed by atoms with Crippen LogP contribution in [0.2, 0.25) is 0 Å². The zero-order valence-electron chi connectivity index (χ0n) is 15.5. The minimum absolute atomic E-state index is 0. The quantitative estimate of drug-likeness (QED) is 0.154. The fourth-order valence-electron chi connectivity index (χ4n) is 2.06. The summed E-state index contributed by atoms with van der Waals surface area (Å²) in [7, 11) is -1.60. The Hall–Kier alpha value is -0.590. The summed E-state index contributed by atoms with van der Waals surface area (Å²) < 4.78 is 38.1. The Morgan fingerprint density at radius 1 is 1.23 bits per heavy atom. The van der Waals surface area contributed by atoms with Gasteiger partial charge in [0, 0.05) is 30.6 Å². The maximum Gasteiger partial charge on any atom is 0.209 e. The maximum absolute atomic E-state index is 12.8. The van der Waals surface area contributed by atoms with E-state index in [4.69, 9.17) is 0 Å². The van der Waals surface area contributed by atoms with Crippen LogP contribution in [0, 0.1) is 5.82 Å². The molecule has 0 bridgehead atoms. The Morgan fingerprint density at radius 2 is 1.85 bits per heavy atom. The molecule has 3 N–H and O–H groups in total. The van der Waals surface area contributed by atoms with Crippen LogP contribution in [0.4, 0.5) is 4.39 Å². The lowest BCUT2D eigenvalue weighted by molar-refractivity contribution is 0.446. The van der Waals surface area contributed by atoms with Gasteiger partial charge in [0.15, 0.2) is 5.96 Å². The highest BCUT2D eigenvalue weighted by molar-refractivity contribution is 14.0. The molecule has 6 nitrogen and oxygen atoms in total. The van der Waals surface area contributed by atoms with Crippen LogP contribution >= 0.6 is 35.7 Å². The molecular formula is C16H28FIN4O2S2. The molecule has 0 spiro atoms. The van der Waals surface area contributed by atoms with E-state index in [0.717, 1.165) is 29.9 Å². The average molecular weight is 518 g/mol. The number of thioether (sulfide) groups is 1. The normalized spacial score (nSPS) is 12.4. The van der Waals surface area contributed by atoms with Crippen LogP contribution in [0.15, 0.2) is 34.2 Å². The number of benzene rings is 1. The fourth-order valence-corrected chi connectivity index (χ4v) is 3.99. The van der Waals surface area contributed by atoms with E-state index in [1.807, 2.05) is 0 Å². The first kappa shape index (κ1) is 25.4. The number of guanidine groups is 1. The fraction of sp³-hybridized carbons (Fsp3) is 0.562. The van der Waals surface area contributed by atoms with E-state index in [-0.39, 0.29) is 29.8 Å². The van der Waals surface area contributed by atoms with Gasteiger partial charge in [-0.15, -0.1) is 35.7 Å². The topological polar surface area (TPSA) is 82.6 Å². The number of halogens is 2. The number of hydrogen-bond donors (Lipinski definition) is 3. The van der Waals surface area contributed by atoms with Gasteiger partial charge in [-0.2, -0.15) is 0 Å². The van der Waals surface area contributed by atoms with Crippen LogP contribution in [-0.4, -0.2) is 52.1 Å². The highest BCUT2D eigenvalue weighted by Crippen LogP contribution is 2.18. The van der Waals surface area contributed by atoms with Crippen LogP contribution in [-0.2, 0) is 10.0 Å². The molecule has 0 amide bonds. The van der Waals surface area contributed by atoms with Gasteiger partial charge in [-0.1, -0.05) is 0 Å². The maximum atomic E-state index is 12.8. The number of sulfonamides is 1. The number of aliphatic imine (C=N–C) groups is 1. The lowest BCUT2D eigenvalue weighted by atomic mass is 10.1. The van der Waals surface area contributed by atoms with Crippen molar-refractivity contribution in [1.82, 2.24) is 15.4 Å². The van der Waals surface area contributed by atoms with E-state index >= 15 is 0 Å². The van der Waals surface area contributed by atoms with Crippen molar-refractivity contribution >= 4 is 51.7 Å². The van der Waals surface area contributed by atoms with E-state index < -0.39 is 15.6 Å². The predicted molar refractivity (Wildman–Crippen MR) is 119 cm³/mol. The lowest BCUT2D eigenvalue weighted by Crippen LogP contribution is -2.53. The first-order valence-electron chi connectivity index (χ1n) is 7.93. The monoisotopic (exact) mass is 518 g/mol. The number of rotatable bonds is 9. The van der Waals surface area contributed by atoms with Gasteiger partial charge in [0.05, 0.1) is 6.26 Å². The van der Waals surface area contributed by atoms with Gasteiger partial charge in [0.1, 0.15) is 5.82 Å². The number of nitrogens with zero attached hydrogens (tertiary/aromatic N) is 1. The summed E-state index contributed by atoms with van der Waals surface area (Å²) >= 11 is 1.67. The summed E-state index contributed by atoms with van der Waals surface area (Å²) in [6.07, 6.45) is 2.05. The molecule has 1 aromatic carbocycles. The Labute approximate surface area is 177 Å². The molecule has 0 aliphatic rings. The van der Waals surface area contributed by atoms with Crippen LogP contribution in [0.5, 0.6) is 0 Å². The van der Waals surface area contributed by atoms with Gasteiger partial charge >= 0.3 is 0 Å². The Kier molecular flexibility index (Phi) is 11.7. The first-order chi connectivity index (χ1) is 11.6. The molecule has 1 aromatic rings. The summed E-state index contributed by atoms with van der Waals surface area (Å²) in [5.74, 6) is 1.29. The second-order valence-electron chi connectivity index (χ2n) is 6.27. The Bertz CT molecular complexity index is 667. The molecule has 0 atom stereocenters. The van der Waals surface area contributed by atoms with Crippen molar-refractivity contribution in [1.29, 1.82) is 0 Å². The number of hydrogen-bond acceptors (Lipinski definition) is 4. The van der Waals surface area contributed by atoms with Gasteiger partial charge < -0.3 is 10.6 Å². The smallest absolute Gasteiger partial charge is 0.209 e. The molecule has 0 aliphatic heterocycles. The zero-order valence-corrected chi connectivity index (χ0v) is 19.5. The van der Waals surface area contributed by atoms with Gasteiger partial charge in [0.2, 0.25) is 10.0 Å². The minimum atomic E-state index is -3.27. The molecule has 10 heteroatoms. The molecule has 0 fully saturated rings. The van der Waals surface area contributed by atoms with Crippen molar-refractivity contribution in [2.75, 3.05) is 32.1 Å². The van der Waals surface area contributed by atoms with Crippen molar-refractivity contribution in [2.45, 2.75) is 30.7 Å². The molecule has 0 unspecified atom stereocenters. The molecule has 150 valence electrons. The van der Waals surface area contributed by atoms with Crippen molar-refractivity contribution in [3.8, 4) is 0 Å². The SMILES string of the molecule is CN=C(NCCCSc1ccc(F)cc1)NCC(C)(C)NS(C)(=O)=O.I. The average Bonchev–Trinajstić information content (AvgIpc) is 2.49. The molecule has 0 aliphatic carbocycles. The molecule has 0 radical (unpaired) electrons. The van der Waals surface area contributed by atoms with Crippen LogP contribution in [0.25, 0.3) is 0 Å². The van der Waals surface area contributed by atoms with Gasteiger partial charge in [-0.3, -0.25) is 4.99 Å². The predicted octanol–water partition coefficient (Wildman–Crippen LogP) is 2.42. The van der Waals surface area contributed by atoms with Gasteiger partial charge in [-0.25, -0.2) is 17.5 Å². The third-order valence-electron chi connectivity index (χ3n) is 3.08. The molecule has 0 saturated carbocycles. The number of nitrogens with one attached hydrogen (secondary N) is 3. The van der Waals surface area contributed by atoms with Crippen LogP contribution in [0.3, 0.4) is 0 Å². The van der Waals surface area contributed by atoms with Crippen molar-refractivity contribution < 1.29 is 12.8 Å². The second-order valence-corrected chi connectivity index (χ2v) is 9.18. The zero-order chi connectivity index (χ0) is 18.9. The first-order valence-corrected chi connectivity index (χ1v) is 10.8. The molecule has 0 saturated heterocycles. The molecular weight excluding hydrogens is 490 g/mol. The second kappa shape index (κ2) is 12.0. The summed E-state index contributed by atoms with van der Waals surface area (Å²) in [5.41, 5.74) is -0.621. The largest absolute Gasteiger partial charge is 0.356 e. The summed E-state index contributed by atoms with van der Waals surface area (Å²) in [6.45, 7) is 4.74. The minimum Gasteiger partial charge on any atom is -0.356 e. The summed E-state index contributed by atoms with van der Waals surface area (Å²) in [5, 5.41) is 6.30. The molecule has 1 rings (SSSR count). The summed E-state index contributed by atoms with van der Waals surface area (Å²) in [4.78, 5) is 5.16. The third-order valence-corrected chi connectivity index (χ3v) is 5.10. The van der Waals surface area contributed by atoms with Crippen LogP contribution in [0.1, 0.15) is 20.3 Å². The van der Waals surface area contributed by atoms with E-state index in [1.165, 1.54) is 12.1 Å². The van der Waals surface area contributed by atoms with Crippen molar-refractivity contribution in [3.63, 3.8) is 0 Å². The Balaban J connectivity index is 0.00000625. The third kappa shape index (κ3) is 11.9. The van der Waals surface area contributed by atoms with E-state index in [9.17, 15) is 12.8 Å². The Morgan fingerprint density at radius 3 is 2.38 bits per heavy atom. The van der Waals surface area contributed by atoms with E-state index in [2.05, 4.69) is 20.3 Å². The molecule has 0 heterocycles. The standard InChI is InChI=1S/C16H27FN4O2S2.HI/c1-16(2,21-25(4,22)23)12-20-15(18-3)19-10-5-11-24-14-8-6-13(17)7-9-14;/h6-9,21H,5,10-12H2,1-4H3,(H2,18,19,20);1H. The van der Waals surface area contributed by atoms with Crippen LogP contribution < -0.4 is 15.4 Å². The lowest BCUT2D eigenvalue weighted by Gasteiger charge is -2.26. The van der Waals surface area contributed by atoms with Crippen molar-refractivity contribution in [3.05, 3.63) is 30.1 Å². The van der Waals surface area contributed by atoms with Crippen molar-refractivity contribution in [2.24, 2.45) is 4.99 Å². The summed E-state index contributed by atoms with van der Waals surface area (Å²) in [6, 6.07) is 6.45. The van der Waals surface area contributed by atoms with E-state index in [0.29, 0.717) is 12.5 Å². The van der Waals surface area contributed by atoms with E-state index in [1.54, 1.807) is 44.8 Å². The highest BCUT2D eigenvalue weighted by atomic mass is 127. The highest BCUT2D eigenvalue weighted by Gasteiger charge is 2.22. The van der Waals surface area contributed by atoms with Gasteiger partial charge in [0.25, 0.3) is 0 Å². The van der Waals surface area contributed by atoms with Gasteiger partial charge in [-0.05, 0) is 50.3 Å². The molecule has 26 heavy (non-hydrogen) atoms.